The number of hydrogen-bond acceptors (Lipinski definition) is 5. The molecule has 0 aromatic carbocycles. The Labute approximate surface area is 79.3 Å². The Morgan fingerprint density at radius 1 is 0.846 bits per heavy atom. The van der Waals surface area contributed by atoms with Crippen molar-refractivity contribution in [3.63, 3.8) is 0 Å². The van der Waals surface area contributed by atoms with E-state index in [1.165, 1.54) is 0 Å². The maximum absolute atomic E-state index is 5.51. The van der Waals surface area contributed by atoms with Gasteiger partial charge in [-0.15, -0.1) is 0 Å². The predicted molar refractivity (Wildman–Crippen MR) is 50.5 cm³/mol. The maximum atomic E-state index is 5.51. The van der Waals surface area contributed by atoms with Crippen molar-refractivity contribution in [1.29, 1.82) is 0 Å². The minimum Gasteiger partial charge on any atom is -0.377 e. The Bertz CT molecular complexity index is 104. The Hall–Kier alpha value is -0.200. The topological polar surface area (TPSA) is 79.7 Å². The van der Waals surface area contributed by atoms with Gasteiger partial charge < -0.3 is 25.7 Å². The first-order valence-corrected chi connectivity index (χ1v) is 4.23. The third-order valence-corrected chi connectivity index (χ3v) is 2.08. The lowest BCUT2D eigenvalue weighted by atomic mass is 10.1. The van der Waals surface area contributed by atoms with Crippen molar-refractivity contribution in [2.75, 3.05) is 34.4 Å². The highest BCUT2D eigenvalue weighted by molar-refractivity contribution is 4.80. The van der Waals surface area contributed by atoms with E-state index in [9.17, 15) is 0 Å². The van der Waals surface area contributed by atoms with E-state index in [0.29, 0.717) is 13.1 Å². The molecule has 4 N–H and O–H groups in total. The van der Waals surface area contributed by atoms with E-state index in [0.717, 1.165) is 0 Å². The molecule has 0 saturated heterocycles. The van der Waals surface area contributed by atoms with Crippen LogP contribution in [0.5, 0.6) is 0 Å². The highest BCUT2D eigenvalue weighted by Gasteiger charge is 2.27. The molecule has 0 rings (SSSR count). The maximum Gasteiger partial charge on any atom is 0.112 e. The van der Waals surface area contributed by atoms with Crippen LogP contribution < -0.4 is 11.5 Å². The van der Waals surface area contributed by atoms with Crippen LogP contribution >= 0.6 is 0 Å². The molecule has 0 aromatic heterocycles. The number of methoxy groups -OCH3 is 3. The molecule has 0 aliphatic heterocycles. The Kier molecular flexibility index (Phi) is 7.12. The Morgan fingerprint density at radius 2 is 1.23 bits per heavy atom. The lowest BCUT2D eigenvalue weighted by molar-refractivity contribution is -0.0998. The quantitative estimate of drug-likeness (QED) is 0.538. The summed E-state index contributed by atoms with van der Waals surface area (Å²) in [4.78, 5) is 0. The first-order valence-electron chi connectivity index (χ1n) is 4.23. The molecule has 0 heterocycles. The highest BCUT2D eigenvalue weighted by atomic mass is 16.6. The molecule has 0 aliphatic rings. The summed E-state index contributed by atoms with van der Waals surface area (Å²) in [7, 11) is 4.77. The minimum atomic E-state index is -0.218. The smallest absolute Gasteiger partial charge is 0.112 e. The van der Waals surface area contributed by atoms with Gasteiger partial charge in [0.25, 0.3) is 0 Å². The number of nitrogens with two attached hydrogens (primary N) is 2. The molecule has 2 atom stereocenters. The van der Waals surface area contributed by atoms with Gasteiger partial charge in [0.05, 0.1) is 12.2 Å². The van der Waals surface area contributed by atoms with E-state index < -0.39 is 0 Å². The zero-order valence-corrected chi connectivity index (χ0v) is 8.53. The lowest BCUT2D eigenvalue weighted by Crippen LogP contribution is -2.48. The normalized spacial score (nSPS) is 16.2. The predicted octanol–water partition coefficient (Wildman–Crippen LogP) is -1.05. The van der Waals surface area contributed by atoms with Crippen molar-refractivity contribution >= 4 is 0 Å². The summed E-state index contributed by atoms with van der Waals surface area (Å²) in [6.45, 7) is 0.768. The summed E-state index contributed by atoms with van der Waals surface area (Å²) in [5.41, 5.74) is 11.0. The van der Waals surface area contributed by atoms with Crippen LogP contribution in [0.25, 0.3) is 0 Å². The molecule has 0 saturated carbocycles. The van der Waals surface area contributed by atoms with Crippen LogP contribution in [-0.2, 0) is 14.2 Å². The summed E-state index contributed by atoms with van der Waals surface area (Å²) in [6.07, 6.45) is -0.581. The molecule has 0 bridgehead atoms. The zero-order chi connectivity index (χ0) is 10.3. The van der Waals surface area contributed by atoms with Crippen molar-refractivity contribution < 1.29 is 14.2 Å². The summed E-state index contributed by atoms with van der Waals surface area (Å²) in [6, 6.07) is 0. The molecular weight excluding hydrogens is 172 g/mol. The molecule has 5 heteroatoms. The van der Waals surface area contributed by atoms with E-state index in [-0.39, 0.29) is 18.3 Å². The molecule has 0 radical (unpaired) electrons. The number of ether oxygens (including phenoxy) is 3. The Balaban J connectivity index is 4.26. The van der Waals surface area contributed by atoms with Gasteiger partial charge in [0.2, 0.25) is 0 Å². The van der Waals surface area contributed by atoms with Gasteiger partial charge in [-0.05, 0) is 0 Å². The van der Waals surface area contributed by atoms with Crippen LogP contribution in [0.4, 0.5) is 0 Å². The molecule has 0 aliphatic carbocycles. The van der Waals surface area contributed by atoms with Crippen molar-refractivity contribution in [3.05, 3.63) is 0 Å². The van der Waals surface area contributed by atoms with Crippen molar-refractivity contribution in [3.8, 4) is 0 Å². The largest absolute Gasteiger partial charge is 0.377 e. The molecule has 0 spiro atoms. The van der Waals surface area contributed by atoms with Gasteiger partial charge in [0.1, 0.15) is 6.10 Å². The van der Waals surface area contributed by atoms with Crippen molar-refractivity contribution in [2.24, 2.45) is 11.5 Å². The fraction of sp³-hybridized carbons (Fsp3) is 1.00. The van der Waals surface area contributed by atoms with Gasteiger partial charge >= 0.3 is 0 Å². The molecular formula is C8H20N2O3. The zero-order valence-electron chi connectivity index (χ0n) is 8.53. The number of rotatable bonds is 7. The van der Waals surface area contributed by atoms with Crippen LogP contribution in [0.2, 0.25) is 0 Å². The van der Waals surface area contributed by atoms with E-state index in [1.54, 1.807) is 21.3 Å². The second kappa shape index (κ2) is 7.23. The van der Waals surface area contributed by atoms with Gasteiger partial charge in [0.15, 0.2) is 0 Å². The van der Waals surface area contributed by atoms with Crippen molar-refractivity contribution in [1.82, 2.24) is 0 Å². The van der Waals surface area contributed by atoms with Crippen LogP contribution in [0.3, 0.4) is 0 Å². The fourth-order valence-corrected chi connectivity index (χ4v) is 1.27. The van der Waals surface area contributed by atoms with Crippen LogP contribution in [0.1, 0.15) is 0 Å². The van der Waals surface area contributed by atoms with Gasteiger partial charge in [-0.25, -0.2) is 0 Å². The molecule has 0 unspecified atom stereocenters. The summed E-state index contributed by atoms with van der Waals surface area (Å²) >= 11 is 0. The first-order chi connectivity index (χ1) is 6.24. The van der Waals surface area contributed by atoms with Crippen LogP contribution in [0.15, 0.2) is 0 Å². The molecule has 0 fully saturated rings. The summed E-state index contributed by atoms with van der Waals surface area (Å²) in [5.74, 6) is 0. The van der Waals surface area contributed by atoms with Crippen LogP contribution in [0, 0.1) is 0 Å². The molecule has 5 nitrogen and oxygen atoms in total. The second-order valence-corrected chi connectivity index (χ2v) is 2.72. The van der Waals surface area contributed by atoms with E-state index in [1.807, 2.05) is 0 Å². The van der Waals surface area contributed by atoms with Gasteiger partial charge in [-0.1, -0.05) is 0 Å². The number of hydrogen-bond donors (Lipinski definition) is 2. The second-order valence-electron chi connectivity index (χ2n) is 2.72. The van der Waals surface area contributed by atoms with Crippen LogP contribution in [-0.4, -0.2) is 52.7 Å². The highest BCUT2D eigenvalue weighted by Crippen LogP contribution is 2.08. The average Bonchev–Trinajstić information content (AvgIpc) is 2.18. The average molecular weight is 192 g/mol. The minimum absolute atomic E-state index is 0.182. The standard InChI is InChI=1S/C8H20N2O3/c1-11-6(4-9)8(13-3)7(5-10)12-2/h6-8H,4-5,9-10H2,1-3H3/t6-,7-/m0/s1. The van der Waals surface area contributed by atoms with E-state index >= 15 is 0 Å². The van der Waals surface area contributed by atoms with E-state index in [2.05, 4.69) is 0 Å². The first kappa shape index (κ1) is 12.8. The molecule has 0 aromatic rings. The van der Waals surface area contributed by atoms with Gasteiger partial charge in [-0.3, -0.25) is 0 Å². The molecule has 0 amide bonds. The van der Waals surface area contributed by atoms with Gasteiger partial charge in [-0.2, -0.15) is 0 Å². The summed E-state index contributed by atoms with van der Waals surface area (Å²) < 4.78 is 15.5. The lowest BCUT2D eigenvalue weighted by Gasteiger charge is -2.29. The fourth-order valence-electron chi connectivity index (χ4n) is 1.27. The summed E-state index contributed by atoms with van der Waals surface area (Å²) in [5, 5.41) is 0. The molecule has 80 valence electrons. The van der Waals surface area contributed by atoms with E-state index in [4.69, 9.17) is 25.7 Å². The SMILES string of the molecule is COC([C@H](CN)OC)[C@H](CN)OC. The third-order valence-electron chi connectivity index (χ3n) is 2.08. The van der Waals surface area contributed by atoms with Crippen molar-refractivity contribution in [2.45, 2.75) is 18.3 Å². The third kappa shape index (κ3) is 3.58. The van der Waals surface area contributed by atoms with Gasteiger partial charge in [0, 0.05) is 34.4 Å². The monoisotopic (exact) mass is 192 g/mol. The Morgan fingerprint density at radius 3 is 1.38 bits per heavy atom. The molecule has 13 heavy (non-hydrogen) atoms.